The minimum absolute atomic E-state index is 0.0245. The predicted molar refractivity (Wildman–Crippen MR) is 310 cm³/mol. The zero-order valence-electron chi connectivity index (χ0n) is 49.3. The first-order valence-corrected chi connectivity index (χ1v) is 31.9. The van der Waals surface area contributed by atoms with Gasteiger partial charge in [-0.25, -0.2) is 0 Å². The van der Waals surface area contributed by atoms with Gasteiger partial charge in [0.05, 0.1) is 26.4 Å². The molecule has 0 aliphatic carbocycles. The summed E-state index contributed by atoms with van der Waals surface area (Å²) in [4.78, 5) is 72.3. The molecule has 0 bridgehead atoms. The van der Waals surface area contributed by atoms with Crippen LogP contribution in [0.5, 0.6) is 0 Å². The molecule has 0 unspecified atom stereocenters. The van der Waals surface area contributed by atoms with Gasteiger partial charge in [-0.1, -0.05) is 168 Å². The third-order valence-corrected chi connectivity index (χ3v) is 13.9. The Bertz CT molecular complexity index is 1240. The van der Waals surface area contributed by atoms with E-state index in [-0.39, 0.29) is 35.7 Å². The Kier molecular flexibility index (Phi) is 58.3. The number of carbonyl (C=O) groups excluding carboxylic acids is 6. The van der Waals surface area contributed by atoms with Gasteiger partial charge in [0, 0.05) is 51.6 Å². The van der Waals surface area contributed by atoms with Crippen LogP contribution in [0.3, 0.4) is 0 Å². The summed E-state index contributed by atoms with van der Waals surface area (Å²) in [5.41, 5.74) is 0. The fourth-order valence-corrected chi connectivity index (χ4v) is 8.96. The zero-order chi connectivity index (χ0) is 55.3. The lowest BCUT2D eigenvalue weighted by Crippen LogP contribution is -2.34. The van der Waals surface area contributed by atoms with Crippen LogP contribution >= 0.6 is 0 Å². The molecule has 0 aromatic heterocycles. The van der Waals surface area contributed by atoms with Crippen molar-refractivity contribution in [3.05, 3.63) is 0 Å². The number of ether oxygens (including phenoxy) is 4. The van der Waals surface area contributed by atoms with Crippen LogP contribution in [0, 0.1) is 0 Å². The van der Waals surface area contributed by atoms with Crippen molar-refractivity contribution in [3.63, 3.8) is 0 Å². The van der Waals surface area contributed by atoms with Crippen LogP contribution in [-0.4, -0.2) is 101 Å². The number of nitrogens with one attached hydrogen (secondary N) is 4. The van der Waals surface area contributed by atoms with E-state index in [9.17, 15) is 28.8 Å². The van der Waals surface area contributed by atoms with Crippen LogP contribution in [0.25, 0.3) is 0 Å². The lowest BCUT2D eigenvalue weighted by molar-refractivity contribution is -0.145. The first-order valence-electron chi connectivity index (χ1n) is 31.9. The Morgan fingerprint density at radius 3 is 0.724 bits per heavy atom. The first kappa shape index (κ1) is 72.7. The van der Waals surface area contributed by atoms with E-state index in [0.29, 0.717) is 78.0 Å². The van der Waals surface area contributed by atoms with Crippen LogP contribution in [-0.2, 0) is 47.7 Å². The smallest absolute Gasteiger partial charge is 0.305 e. The predicted octanol–water partition coefficient (Wildman–Crippen LogP) is 13.8. The molecule has 0 rings (SSSR count). The number of esters is 4. The highest BCUT2D eigenvalue weighted by Gasteiger charge is 2.08. The minimum Gasteiger partial charge on any atom is -0.466 e. The molecule has 0 aliphatic heterocycles. The van der Waals surface area contributed by atoms with Crippen LogP contribution in [0.2, 0.25) is 0 Å². The van der Waals surface area contributed by atoms with Crippen molar-refractivity contribution in [2.75, 3.05) is 65.7 Å². The molecule has 0 spiro atoms. The van der Waals surface area contributed by atoms with Crippen LogP contribution in [0.15, 0.2) is 0 Å². The van der Waals surface area contributed by atoms with Crippen molar-refractivity contribution in [2.45, 2.75) is 296 Å². The second-order valence-corrected chi connectivity index (χ2v) is 21.3. The van der Waals surface area contributed by atoms with Gasteiger partial charge in [-0.3, -0.25) is 28.8 Å². The highest BCUT2D eigenvalue weighted by molar-refractivity contribution is 5.77. The van der Waals surface area contributed by atoms with Gasteiger partial charge in [0.25, 0.3) is 0 Å². The Morgan fingerprint density at radius 1 is 0.237 bits per heavy atom. The molecule has 446 valence electrons. The highest BCUT2D eigenvalue weighted by atomic mass is 16.5. The maximum Gasteiger partial charge on any atom is 0.305 e. The molecule has 0 aliphatic rings. The Balaban J connectivity index is 3.37. The van der Waals surface area contributed by atoms with Gasteiger partial charge in [0.2, 0.25) is 11.8 Å². The van der Waals surface area contributed by atoms with Crippen molar-refractivity contribution in [1.29, 1.82) is 0 Å². The second-order valence-electron chi connectivity index (χ2n) is 21.3. The largest absolute Gasteiger partial charge is 0.466 e. The zero-order valence-corrected chi connectivity index (χ0v) is 49.3. The van der Waals surface area contributed by atoms with E-state index >= 15 is 0 Å². The molecule has 0 saturated carbocycles. The van der Waals surface area contributed by atoms with E-state index in [2.05, 4.69) is 35.1 Å². The Morgan fingerprint density at radius 2 is 0.447 bits per heavy atom. The monoisotopic (exact) mass is 1080 g/mol. The number of hydrogen-bond acceptors (Lipinski definition) is 12. The molecule has 0 aromatic carbocycles. The molecular formula is C62H118N4O10. The number of rotatable bonds is 61. The fraction of sp³-hybridized carbons (Fsp3) is 0.903. The summed E-state index contributed by atoms with van der Waals surface area (Å²) in [6.07, 6.45) is 43.6. The maximum atomic E-state index is 12.2. The number of hydrogen-bond donors (Lipinski definition) is 4. The molecule has 14 nitrogen and oxygen atoms in total. The SMILES string of the molecule is CCCCCCCCCOC(=O)CCCCCCCOC(=O)CCCCCCCNCCCCC(=O)NCCNC(=O)CCCCNCCCCCCCC(=O)OCCCCCCCC(=O)OCCCCCCCCC. The molecule has 0 atom stereocenters. The molecule has 0 heterocycles. The van der Waals surface area contributed by atoms with Crippen LogP contribution in [0.4, 0.5) is 0 Å². The van der Waals surface area contributed by atoms with E-state index in [0.717, 1.165) is 206 Å². The number of unbranched alkanes of at least 4 members (excludes halogenated alkanes) is 30. The van der Waals surface area contributed by atoms with Crippen LogP contribution in [0.1, 0.15) is 296 Å². The van der Waals surface area contributed by atoms with Crippen molar-refractivity contribution >= 4 is 35.7 Å². The third kappa shape index (κ3) is 60.0. The number of amides is 2. The molecular weight excluding hydrogens is 961 g/mol. The van der Waals surface area contributed by atoms with Gasteiger partial charge in [0.1, 0.15) is 0 Å². The molecule has 0 aromatic rings. The molecule has 14 heteroatoms. The van der Waals surface area contributed by atoms with Crippen molar-refractivity contribution in [2.24, 2.45) is 0 Å². The summed E-state index contributed by atoms with van der Waals surface area (Å²) >= 11 is 0. The van der Waals surface area contributed by atoms with Gasteiger partial charge in [-0.2, -0.15) is 0 Å². The summed E-state index contributed by atoms with van der Waals surface area (Å²) in [5.74, 6) is -0.295. The van der Waals surface area contributed by atoms with Gasteiger partial charge in [-0.05, 0) is 116 Å². The van der Waals surface area contributed by atoms with Crippen LogP contribution < -0.4 is 21.3 Å². The third-order valence-electron chi connectivity index (χ3n) is 13.9. The minimum atomic E-state index is -0.0979. The molecule has 0 fully saturated rings. The summed E-state index contributed by atoms with van der Waals surface area (Å²) < 4.78 is 21.5. The molecule has 2 amide bonds. The summed E-state index contributed by atoms with van der Waals surface area (Å²) in [6, 6.07) is 0. The summed E-state index contributed by atoms with van der Waals surface area (Å²) in [6.45, 7) is 11.1. The fourth-order valence-electron chi connectivity index (χ4n) is 8.96. The average Bonchev–Trinajstić information content (AvgIpc) is 3.41. The van der Waals surface area contributed by atoms with Crippen molar-refractivity contribution in [3.8, 4) is 0 Å². The second kappa shape index (κ2) is 61.0. The molecule has 0 radical (unpaired) electrons. The van der Waals surface area contributed by atoms with E-state index in [4.69, 9.17) is 18.9 Å². The maximum absolute atomic E-state index is 12.2. The topological polar surface area (TPSA) is 187 Å². The summed E-state index contributed by atoms with van der Waals surface area (Å²) in [5, 5.41) is 12.7. The van der Waals surface area contributed by atoms with Crippen molar-refractivity contribution < 1.29 is 47.7 Å². The highest BCUT2D eigenvalue weighted by Crippen LogP contribution is 2.13. The van der Waals surface area contributed by atoms with Crippen molar-refractivity contribution in [1.82, 2.24) is 21.3 Å². The standard InChI is InChI=1S/C62H118N4O10/c1-3-5-7-9-11-23-37-53-73-61(71)45-29-19-15-25-39-55-75-59(69)43-27-17-13-21-33-47-63-49-35-31-41-57(67)65-51-52-66-58(68)42-32-36-50-64-48-34-22-14-18-28-44-60(70)76-56-40-26-16-20-30-46-62(72)74-54-38-24-12-10-8-6-4-2/h63-64H,3-56H2,1-2H3,(H,65,67)(H,66,68). The van der Waals surface area contributed by atoms with Gasteiger partial charge in [0.15, 0.2) is 0 Å². The summed E-state index contributed by atoms with van der Waals surface area (Å²) in [7, 11) is 0. The molecule has 76 heavy (non-hydrogen) atoms. The lowest BCUT2D eigenvalue weighted by atomic mass is 10.1. The Hall–Kier alpha value is -3.26. The van der Waals surface area contributed by atoms with E-state index in [1.807, 2.05) is 0 Å². The van der Waals surface area contributed by atoms with Gasteiger partial charge in [-0.15, -0.1) is 0 Å². The molecule has 0 saturated heterocycles. The Labute approximate surface area is 465 Å². The normalized spacial score (nSPS) is 11.1. The van der Waals surface area contributed by atoms with Gasteiger partial charge >= 0.3 is 23.9 Å². The first-order chi connectivity index (χ1) is 37.3. The number of carbonyl (C=O) groups is 6. The van der Waals surface area contributed by atoms with E-state index in [1.165, 1.54) is 64.2 Å². The van der Waals surface area contributed by atoms with Gasteiger partial charge < -0.3 is 40.2 Å². The molecule has 4 N–H and O–H groups in total. The van der Waals surface area contributed by atoms with E-state index < -0.39 is 0 Å². The van der Waals surface area contributed by atoms with E-state index in [1.54, 1.807) is 0 Å². The average molecular weight is 1080 g/mol. The quantitative estimate of drug-likeness (QED) is 0.0257. The lowest BCUT2D eigenvalue weighted by Gasteiger charge is -2.08.